The normalized spacial score (nSPS) is 13.3. The molecule has 0 unspecified atom stereocenters. The molecule has 2 aromatic heterocycles. The molecule has 11 heteroatoms. The zero-order valence-corrected chi connectivity index (χ0v) is 18.9. The molecule has 4 rings (SSSR count). The van der Waals surface area contributed by atoms with Gasteiger partial charge in [0.1, 0.15) is 0 Å². The molecule has 0 spiro atoms. The van der Waals surface area contributed by atoms with Gasteiger partial charge < -0.3 is 29.9 Å². The van der Waals surface area contributed by atoms with Gasteiger partial charge in [0.15, 0.2) is 5.13 Å². The zero-order chi connectivity index (χ0) is 22.7. The molecule has 0 aliphatic carbocycles. The van der Waals surface area contributed by atoms with Gasteiger partial charge in [-0.2, -0.15) is 0 Å². The maximum absolute atomic E-state index is 12.4. The fourth-order valence-electron chi connectivity index (χ4n) is 3.57. The molecule has 0 saturated heterocycles. The van der Waals surface area contributed by atoms with E-state index in [1.807, 2.05) is 22.6 Å². The number of nitrogens with one attached hydrogen (secondary N) is 2. The van der Waals surface area contributed by atoms with Crippen molar-refractivity contribution in [2.75, 3.05) is 38.2 Å². The Morgan fingerprint density at radius 1 is 1.28 bits per heavy atom. The van der Waals surface area contributed by atoms with Crippen LogP contribution in [-0.2, 0) is 29.5 Å². The quantitative estimate of drug-likeness (QED) is 0.437. The van der Waals surface area contributed by atoms with E-state index in [1.165, 1.54) is 11.3 Å². The van der Waals surface area contributed by atoms with Crippen molar-refractivity contribution in [3.63, 3.8) is 0 Å². The lowest BCUT2D eigenvalue weighted by molar-refractivity contribution is -0.129. The van der Waals surface area contributed by atoms with Gasteiger partial charge in [0.2, 0.25) is 11.9 Å². The molecular formula is C21H26N6O4S. The number of fused-ring (bicyclic) bond motifs is 2. The maximum Gasteiger partial charge on any atom is 0.251 e. The summed E-state index contributed by atoms with van der Waals surface area (Å²) in [5.41, 5.74) is 3.12. The molecule has 0 saturated carbocycles. The number of thiazole rings is 1. The molecule has 0 atom stereocenters. The predicted octanol–water partition coefficient (Wildman–Crippen LogP) is 1.42. The number of rotatable bonds is 8. The minimum absolute atomic E-state index is 0.0405. The lowest BCUT2D eigenvalue weighted by atomic mass is 10.2. The molecule has 2 amide bonds. The Balaban J connectivity index is 1.46. The van der Waals surface area contributed by atoms with Crippen molar-refractivity contribution in [1.29, 1.82) is 0 Å². The van der Waals surface area contributed by atoms with Gasteiger partial charge in [-0.25, -0.2) is 9.97 Å². The second-order valence-corrected chi connectivity index (χ2v) is 8.58. The molecule has 10 nitrogen and oxygen atoms in total. The summed E-state index contributed by atoms with van der Waals surface area (Å²) in [4.78, 5) is 36.3. The first-order valence-corrected chi connectivity index (χ1v) is 11.2. The Hall–Kier alpha value is -3.02. The van der Waals surface area contributed by atoms with Crippen LogP contribution in [0, 0.1) is 0 Å². The molecule has 3 N–H and O–H groups in total. The minimum Gasteiger partial charge on any atom is -0.394 e. The Morgan fingerprint density at radius 2 is 2.12 bits per heavy atom. The molecule has 0 fully saturated rings. The van der Waals surface area contributed by atoms with Crippen LogP contribution in [0.5, 0.6) is 0 Å². The average molecular weight is 459 g/mol. The second kappa shape index (κ2) is 9.63. The van der Waals surface area contributed by atoms with E-state index in [4.69, 9.17) is 9.84 Å². The molecule has 1 aromatic carbocycles. The van der Waals surface area contributed by atoms with Gasteiger partial charge in [0.05, 0.1) is 43.1 Å². The zero-order valence-electron chi connectivity index (χ0n) is 18.1. The molecule has 0 radical (unpaired) electrons. The van der Waals surface area contributed by atoms with Crippen molar-refractivity contribution in [3.05, 3.63) is 34.3 Å². The van der Waals surface area contributed by atoms with E-state index < -0.39 is 0 Å². The average Bonchev–Trinajstić information content (AvgIpc) is 3.32. The van der Waals surface area contributed by atoms with Crippen LogP contribution in [0.2, 0.25) is 0 Å². The number of hydrogen-bond donors (Lipinski definition) is 3. The molecule has 0 bridgehead atoms. The van der Waals surface area contributed by atoms with Gasteiger partial charge in [-0.15, -0.1) is 0 Å². The molecule has 3 aromatic rings. The predicted molar refractivity (Wildman–Crippen MR) is 121 cm³/mol. The smallest absolute Gasteiger partial charge is 0.251 e. The number of carbonyl (C=O) groups is 2. The second-order valence-electron chi connectivity index (χ2n) is 7.49. The van der Waals surface area contributed by atoms with E-state index in [-0.39, 0.29) is 25.0 Å². The van der Waals surface area contributed by atoms with Gasteiger partial charge in [-0.3, -0.25) is 9.59 Å². The summed E-state index contributed by atoms with van der Waals surface area (Å²) in [5, 5.41) is 15.5. The number of anilines is 2. The third-order valence-corrected chi connectivity index (χ3v) is 6.30. The van der Waals surface area contributed by atoms with Gasteiger partial charge in [-0.05, 0) is 18.2 Å². The highest BCUT2D eigenvalue weighted by atomic mass is 32.1. The number of aromatic nitrogens is 3. The van der Waals surface area contributed by atoms with Crippen LogP contribution in [0.1, 0.15) is 27.9 Å². The largest absolute Gasteiger partial charge is 0.394 e. The minimum atomic E-state index is -0.206. The van der Waals surface area contributed by atoms with E-state index in [2.05, 4.69) is 20.6 Å². The number of aliphatic hydroxyl groups excluding tert-OH is 1. The van der Waals surface area contributed by atoms with Crippen LogP contribution in [0.3, 0.4) is 0 Å². The first-order chi connectivity index (χ1) is 15.5. The number of ether oxygens (including phenoxy) is 1. The van der Waals surface area contributed by atoms with Crippen LogP contribution < -0.4 is 10.6 Å². The van der Waals surface area contributed by atoms with Crippen molar-refractivity contribution in [1.82, 2.24) is 24.8 Å². The highest BCUT2D eigenvalue weighted by Crippen LogP contribution is 2.31. The number of carbonyl (C=O) groups excluding carboxylic acids is 2. The number of aryl methyl sites for hydroxylation is 1. The van der Waals surface area contributed by atoms with Crippen LogP contribution in [0.4, 0.5) is 11.1 Å². The number of benzene rings is 1. The summed E-state index contributed by atoms with van der Waals surface area (Å²) in [6, 6.07) is 5.38. The third-order valence-electron chi connectivity index (χ3n) is 5.31. The molecule has 3 heterocycles. The van der Waals surface area contributed by atoms with Crippen LogP contribution in [0.25, 0.3) is 11.0 Å². The fourth-order valence-corrected chi connectivity index (χ4v) is 4.59. The summed E-state index contributed by atoms with van der Waals surface area (Å²) in [6.07, 6.45) is 0.749. The first-order valence-electron chi connectivity index (χ1n) is 10.4. The van der Waals surface area contributed by atoms with E-state index in [0.717, 1.165) is 27.6 Å². The number of amides is 2. The van der Waals surface area contributed by atoms with Gasteiger partial charge in [0, 0.05) is 43.9 Å². The molecule has 1 aliphatic heterocycles. The fraction of sp³-hybridized carbons (Fsp3) is 0.429. The first kappa shape index (κ1) is 22.2. The van der Waals surface area contributed by atoms with Crippen molar-refractivity contribution in [2.24, 2.45) is 7.05 Å². The lowest BCUT2D eigenvalue weighted by Gasteiger charge is -2.24. The maximum atomic E-state index is 12.4. The Morgan fingerprint density at radius 3 is 2.91 bits per heavy atom. The third kappa shape index (κ3) is 4.74. The van der Waals surface area contributed by atoms with E-state index in [0.29, 0.717) is 43.3 Å². The highest BCUT2D eigenvalue weighted by molar-refractivity contribution is 7.15. The topological polar surface area (TPSA) is 122 Å². The van der Waals surface area contributed by atoms with Crippen molar-refractivity contribution in [3.8, 4) is 0 Å². The molecule has 32 heavy (non-hydrogen) atoms. The van der Waals surface area contributed by atoms with Crippen LogP contribution in [-0.4, -0.2) is 69.3 Å². The van der Waals surface area contributed by atoms with Crippen molar-refractivity contribution >= 4 is 45.3 Å². The Bertz CT molecular complexity index is 1140. The summed E-state index contributed by atoms with van der Waals surface area (Å²) < 4.78 is 7.07. The van der Waals surface area contributed by atoms with E-state index in [9.17, 15) is 9.59 Å². The summed E-state index contributed by atoms with van der Waals surface area (Å²) >= 11 is 1.53. The van der Waals surface area contributed by atoms with Gasteiger partial charge in [-0.1, -0.05) is 11.3 Å². The van der Waals surface area contributed by atoms with Crippen LogP contribution in [0.15, 0.2) is 18.2 Å². The van der Waals surface area contributed by atoms with Gasteiger partial charge in [0.25, 0.3) is 5.91 Å². The number of imidazole rings is 1. The molecular weight excluding hydrogens is 432 g/mol. The van der Waals surface area contributed by atoms with Crippen LogP contribution >= 0.6 is 11.3 Å². The summed E-state index contributed by atoms with van der Waals surface area (Å²) in [7, 11) is 1.90. The molecule has 1 aliphatic rings. The van der Waals surface area contributed by atoms with E-state index in [1.54, 1.807) is 19.1 Å². The summed E-state index contributed by atoms with van der Waals surface area (Å²) in [5.74, 6) is 0.498. The Labute approximate surface area is 189 Å². The molecule has 170 valence electrons. The number of nitrogens with zero attached hydrogens (tertiary/aromatic N) is 4. The lowest BCUT2D eigenvalue weighted by Crippen LogP contribution is -2.33. The monoisotopic (exact) mass is 458 g/mol. The van der Waals surface area contributed by atoms with E-state index >= 15 is 0 Å². The standard InChI is InChI=1S/C21H26N6O4S/c1-13(29)27-7-5-15-18(12-27)32-21(24-15)25-20-23-16-11-14(3-4-17(16)26(20)2)19(30)22-6-9-31-10-8-28/h3-4,11,28H,5-10,12H2,1-2H3,(H,22,30)(H,23,24,25). The SMILES string of the molecule is CC(=O)N1CCc2nc(Nc3nc4cc(C(=O)NCCOCCO)ccc4n3C)sc2C1. The van der Waals surface area contributed by atoms with Crippen molar-refractivity contribution in [2.45, 2.75) is 19.9 Å². The number of hydrogen-bond acceptors (Lipinski definition) is 8. The highest BCUT2D eigenvalue weighted by Gasteiger charge is 2.23. The van der Waals surface area contributed by atoms with Crippen molar-refractivity contribution < 1.29 is 19.4 Å². The summed E-state index contributed by atoms with van der Waals surface area (Å²) in [6.45, 7) is 3.79. The van der Waals surface area contributed by atoms with Gasteiger partial charge >= 0.3 is 0 Å². The Kier molecular flexibility index (Phi) is 6.68. The number of aliphatic hydroxyl groups is 1.